The summed E-state index contributed by atoms with van der Waals surface area (Å²) in [5, 5.41) is 0. The molecule has 0 radical (unpaired) electrons. The van der Waals surface area contributed by atoms with Crippen LogP contribution in [-0.2, 0) is 22.6 Å². The zero-order chi connectivity index (χ0) is 17.2. The lowest BCUT2D eigenvalue weighted by Crippen LogP contribution is -2.24. The van der Waals surface area contributed by atoms with Crippen molar-refractivity contribution in [3.8, 4) is 5.75 Å². The normalized spacial score (nSPS) is 18.8. The van der Waals surface area contributed by atoms with Gasteiger partial charge in [-0.15, -0.1) is 0 Å². The molecule has 6 heteroatoms. The van der Waals surface area contributed by atoms with Crippen LogP contribution in [0.3, 0.4) is 0 Å². The lowest BCUT2D eigenvalue weighted by atomic mass is 10.0. The van der Waals surface area contributed by atoms with Crippen molar-refractivity contribution in [2.45, 2.75) is 25.9 Å². The Kier molecular flexibility index (Phi) is 4.26. The molecule has 2 aliphatic rings. The van der Waals surface area contributed by atoms with Crippen LogP contribution in [0.5, 0.6) is 5.75 Å². The number of fused-ring (bicyclic) bond motifs is 2. The van der Waals surface area contributed by atoms with Crippen molar-refractivity contribution in [1.29, 1.82) is 0 Å². The lowest BCUT2D eigenvalue weighted by molar-refractivity contribution is -0.141. The van der Waals surface area contributed by atoms with E-state index in [2.05, 4.69) is 20.9 Å². The minimum Gasteiger partial charge on any atom is -0.487 e. The number of ether oxygens (including phenoxy) is 2. The van der Waals surface area contributed by atoms with Crippen LogP contribution in [0.15, 0.2) is 30.6 Å². The minimum atomic E-state index is -0.143. The number of nitrogens with zero attached hydrogens (tertiary/aromatic N) is 3. The topological polar surface area (TPSA) is 64.5 Å². The molecule has 1 saturated heterocycles. The second-order valence-corrected chi connectivity index (χ2v) is 6.58. The number of carbonyl (C=O) groups excluding carboxylic acids is 1. The van der Waals surface area contributed by atoms with Gasteiger partial charge >= 0.3 is 5.97 Å². The fraction of sp³-hybridized carbons (Fsp3) is 0.421. The van der Waals surface area contributed by atoms with Gasteiger partial charge in [0, 0.05) is 25.1 Å². The fourth-order valence-electron chi connectivity index (χ4n) is 3.65. The summed E-state index contributed by atoms with van der Waals surface area (Å²) in [5.41, 5.74) is 3.23. The van der Waals surface area contributed by atoms with E-state index in [0.717, 1.165) is 54.3 Å². The average Bonchev–Trinajstić information content (AvgIpc) is 3.00. The zero-order valence-corrected chi connectivity index (χ0v) is 14.3. The van der Waals surface area contributed by atoms with Crippen molar-refractivity contribution in [1.82, 2.24) is 9.97 Å². The molecule has 4 rings (SSSR count). The molecule has 3 heterocycles. The Morgan fingerprint density at radius 2 is 2.24 bits per heavy atom. The van der Waals surface area contributed by atoms with Crippen molar-refractivity contribution < 1.29 is 14.3 Å². The summed E-state index contributed by atoms with van der Waals surface area (Å²) in [7, 11) is 1.44. The molecule has 0 saturated carbocycles. The highest BCUT2D eigenvalue weighted by Crippen LogP contribution is 2.33. The van der Waals surface area contributed by atoms with Crippen LogP contribution in [0.2, 0.25) is 0 Å². The van der Waals surface area contributed by atoms with Gasteiger partial charge in [-0.25, -0.2) is 9.97 Å². The second-order valence-electron chi connectivity index (χ2n) is 6.58. The molecule has 2 aromatic rings. The maximum Gasteiger partial charge on any atom is 0.305 e. The summed E-state index contributed by atoms with van der Waals surface area (Å²) < 4.78 is 10.7. The van der Waals surface area contributed by atoms with E-state index in [4.69, 9.17) is 9.47 Å². The van der Waals surface area contributed by atoms with E-state index in [0.29, 0.717) is 18.9 Å². The van der Waals surface area contributed by atoms with Crippen molar-refractivity contribution >= 4 is 11.8 Å². The molecule has 1 aromatic carbocycles. The van der Waals surface area contributed by atoms with E-state index in [9.17, 15) is 4.79 Å². The summed E-state index contributed by atoms with van der Waals surface area (Å²) in [5.74, 6) is 2.05. The predicted octanol–water partition coefficient (Wildman–Crippen LogP) is 2.35. The Balaban J connectivity index is 1.60. The third-order valence-electron chi connectivity index (χ3n) is 4.98. The van der Waals surface area contributed by atoms with Crippen LogP contribution >= 0.6 is 0 Å². The zero-order valence-electron chi connectivity index (χ0n) is 14.3. The number of aromatic nitrogens is 2. The Bertz CT molecular complexity index is 793. The summed E-state index contributed by atoms with van der Waals surface area (Å²) in [6, 6.07) is 8.10. The fourth-order valence-corrected chi connectivity index (χ4v) is 3.65. The molecule has 25 heavy (non-hydrogen) atoms. The van der Waals surface area contributed by atoms with Gasteiger partial charge in [0.15, 0.2) is 0 Å². The molecular formula is C19H21N3O3. The monoisotopic (exact) mass is 339 g/mol. The molecule has 0 N–H and O–H groups in total. The Morgan fingerprint density at radius 1 is 1.36 bits per heavy atom. The number of para-hydroxylation sites is 1. The smallest absolute Gasteiger partial charge is 0.305 e. The quantitative estimate of drug-likeness (QED) is 0.800. The Morgan fingerprint density at radius 3 is 3.12 bits per heavy atom. The van der Waals surface area contributed by atoms with Crippen molar-refractivity contribution in [3.63, 3.8) is 0 Å². The van der Waals surface area contributed by atoms with Crippen LogP contribution in [0.25, 0.3) is 0 Å². The molecule has 1 fully saturated rings. The second kappa shape index (κ2) is 6.70. The molecule has 0 spiro atoms. The molecule has 130 valence electrons. The summed E-state index contributed by atoms with van der Waals surface area (Å²) in [6.45, 7) is 2.18. The van der Waals surface area contributed by atoms with Crippen LogP contribution in [0, 0.1) is 5.92 Å². The van der Waals surface area contributed by atoms with Gasteiger partial charge < -0.3 is 14.4 Å². The highest BCUT2D eigenvalue weighted by Gasteiger charge is 2.29. The van der Waals surface area contributed by atoms with E-state index < -0.39 is 0 Å². The summed E-state index contributed by atoms with van der Waals surface area (Å²) in [6.07, 6.45) is 3.81. The van der Waals surface area contributed by atoms with Gasteiger partial charge in [-0.1, -0.05) is 18.2 Å². The number of rotatable bonds is 3. The van der Waals surface area contributed by atoms with Crippen molar-refractivity contribution in [2.24, 2.45) is 5.92 Å². The molecule has 6 nitrogen and oxygen atoms in total. The number of esters is 1. The first-order valence-corrected chi connectivity index (χ1v) is 8.60. The first-order chi connectivity index (χ1) is 12.2. The molecular weight excluding hydrogens is 318 g/mol. The largest absolute Gasteiger partial charge is 0.487 e. The molecule has 1 aromatic heterocycles. The summed E-state index contributed by atoms with van der Waals surface area (Å²) in [4.78, 5) is 22.8. The van der Waals surface area contributed by atoms with E-state index in [1.807, 2.05) is 18.2 Å². The average molecular weight is 339 g/mol. The van der Waals surface area contributed by atoms with Crippen LogP contribution < -0.4 is 9.64 Å². The number of carbonyl (C=O) groups is 1. The molecule has 2 aliphatic heterocycles. The molecule has 0 bridgehead atoms. The highest BCUT2D eigenvalue weighted by atomic mass is 16.5. The maximum absolute atomic E-state index is 11.5. The standard InChI is InChI=1S/C19H21N3O3/c1-24-18(23)8-13-6-7-22(10-13)19-15-9-14-4-2-3-5-17(14)25-11-16(15)20-12-21-19/h2-5,12-13H,6-11H2,1H3. The van der Waals surface area contributed by atoms with E-state index >= 15 is 0 Å². The van der Waals surface area contributed by atoms with Crippen molar-refractivity contribution in [3.05, 3.63) is 47.4 Å². The van der Waals surface area contributed by atoms with Crippen LogP contribution in [0.4, 0.5) is 5.82 Å². The van der Waals surface area contributed by atoms with Crippen molar-refractivity contribution in [2.75, 3.05) is 25.1 Å². The van der Waals surface area contributed by atoms with Gasteiger partial charge in [0.1, 0.15) is 24.5 Å². The van der Waals surface area contributed by atoms with E-state index in [1.54, 1.807) is 6.33 Å². The molecule has 0 amide bonds. The number of hydrogen-bond acceptors (Lipinski definition) is 6. The first kappa shape index (κ1) is 15.9. The SMILES string of the molecule is COC(=O)CC1CCN(c2ncnc3c2Cc2ccccc2OC3)C1. The number of benzene rings is 1. The van der Waals surface area contributed by atoms with Gasteiger partial charge in [-0.05, 0) is 24.0 Å². The lowest BCUT2D eigenvalue weighted by Gasteiger charge is -2.21. The molecule has 1 unspecified atom stereocenters. The predicted molar refractivity (Wildman–Crippen MR) is 92.6 cm³/mol. The van der Waals surface area contributed by atoms with Gasteiger partial charge in [-0.2, -0.15) is 0 Å². The first-order valence-electron chi connectivity index (χ1n) is 8.60. The van der Waals surface area contributed by atoms with Gasteiger partial charge in [0.2, 0.25) is 0 Å². The third kappa shape index (κ3) is 3.16. The van der Waals surface area contributed by atoms with Gasteiger partial charge in [0.25, 0.3) is 0 Å². The number of methoxy groups -OCH3 is 1. The Hall–Kier alpha value is -2.63. The molecule has 1 atom stereocenters. The van der Waals surface area contributed by atoms with E-state index in [1.165, 1.54) is 7.11 Å². The van der Waals surface area contributed by atoms with Crippen LogP contribution in [0.1, 0.15) is 29.7 Å². The minimum absolute atomic E-state index is 0.143. The highest BCUT2D eigenvalue weighted by molar-refractivity contribution is 5.69. The maximum atomic E-state index is 11.5. The van der Waals surface area contributed by atoms with Gasteiger partial charge in [0.05, 0.1) is 19.2 Å². The van der Waals surface area contributed by atoms with Crippen LogP contribution in [-0.4, -0.2) is 36.1 Å². The number of hydrogen-bond donors (Lipinski definition) is 0. The van der Waals surface area contributed by atoms with E-state index in [-0.39, 0.29) is 5.97 Å². The third-order valence-corrected chi connectivity index (χ3v) is 4.98. The number of anilines is 1. The summed E-state index contributed by atoms with van der Waals surface area (Å²) >= 11 is 0. The van der Waals surface area contributed by atoms with Gasteiger partial charge in [-0.3, -0.25) is 4.79 Å². The Labute approximate surface area is 146 Å². The molecule has 0 aliphatic carbocycles.